The highest BCUT2D eigenvalue weighted by Gasteiger charge is 2.35. The van der Waals surface area contributed by atoms with Crippen LogP contribution in [-0.4, -0.2) is 32.1 Å². The molecule has 0 spiro atoms. The minimum atomic E-state index is 0.121. The summed E-state index contributed by atoms with van der Waals surface area (Å²) >= 11 is 0. The Kier molecular flexibility index (Phi) is 4.30. The first-order valence-electron chi connectivity index (χ1n) is 10.9. The van der Waals surface area contributed by atoms with Crippen molar-refractivity contribution in [3.8, 4) is 0 Å². The molecule has 1 N–H and O–H groups in total. The van der Waals surface area contributed by atoms with Crippen molar-refractivity contribution in [1.29, 1.82) is 0 Å². The van der Waals surface area contributed by atoms with Gasteiger partial charge < -0.3 is 9.88 Å². The molecule has 2 aromatic heterocycles. The maximum absolute atomic E-state index is 13.7. The molecule has 3 aromatic rings. The Balaban J connectivity index is 1.56. The second-order valence-corrected chi connectivity index (χ2v) is 9.02. The number of rotatable bonds is 2. The number of carbonyl (C=O) groups excluding carboxylic acids is 1. The Hall–Kier alpha value is -2.56. The number of benzene rings is 1. The standard InChI is InChI=1S/C24H30N4O/c1-14-10-11-20-19(13-14)17-7-5-8-18(23(17)25-20)24(29)28-12-6-9-21(28)22-15(2)26-27(4)16(22)3/h5,7-8,14,21,25H,6,9-13H2,1-4H3. The topological polar surface area (TPSA) is 53.9 Å². The lowest BCUT2D eigenvalue weighted by Crippen LogP contribution is -2.31. The molecule has 5 nitrogen and oxygen atoms in total. The molecular formula is C24H30N4O. The number of aromatic nitrogens is 3. The van der Waals surface area contributed by atoms with Gasteiger partial charge in [0.15, 0.2) is 0 Å². The molecule has 152 valence electrons. The molecule has 1 aromatic carbocycles. The van der Waals surface area contributed by atoms with Gasteiger partial charge in [-0.15, -0.1) is 0 Å². The zero-order valence-corrected chi connectivity index (χ0v) is 17.9. The highest BCUT2D eigenvalue weighted by molar-refractivity contribution is 6.07. The van der Waals surface area contributed by atoms with Crippen molar-refractivity contribution in [3.05, 3.63) is 52.0 Å². The van der Waals surface area contributed by atoms with Crippen molar-refractivity contribution in [2.24, 2.45) is 13.0 Å². The van der Waals surface area contributed by atoms with Crippen molar-refractivity contribution >= 4 is 16.8 Å². The largest absolute Gasteiger partial charge is 0.358 e. The average molecular weight is 391 g/mol. The van der Waals surface area contributed by atoms with Gasteiger partial charge in [-0.05, 0) is 63.5 Å². The van der Waals surface area contributed by atoms with Crippen molar-refractivity contribution in [3.63, 3.8) is 0 Å². The van der Waals surface area contributed by atoms with Crippen LogP contribution in [0.1, 0.15) is 70.8 Å². The molecule has 1 aliphatic heterocycles. The van der Waals surface area contributed by atoms with E-state index in [1.165, 1.54) is 28.6 Å². The number of hydrogen-bond donors (Lipinski definition) is 1. The molecule has 0 bridgehead atoms. The molecule has 1 amide bonds. The fourth-order valence-electron chi connectivity index (χ4n) is 5.53. The van der Waals surface area contributed by atoms with Gasteiger partial charge >= 0.3 is 0 Å². The molecule has 1 saturated heterocycles. The number of para-hydroxylation sites is 1. The predicted octanol–water partition coefficient (Wildman–Crippen LogP) is 4.62. The summed E-state index contributed by atoms with van der Waals surface area (Å²) in [6, 6.07) is 6.34. The number of H-pyrrole nitrogens is 1. The van der Waals surface area contributed by atoms with Crippen LogP contribution in [0.15, 0.2) is 18.2 Å². The van der Waals surface area contributed by atoms with Crippen molar-refractivity contribution in [2.45, 2.75) is 58.9 Å². The van der Waals surface area contributed by atoms with Crippen LogP contribution in [0.2, 0.25) is 0 Å². The van der Waals surface area contributed by atoms with Crippen LogP contribution in [0.25, 0.3) is 10.9 Å². The molecule has 29 heavy (non-hydrogen) atoms. The van der Waals surface area contributed by atoms with Gasteiger partial charge in [0, 0.05) is 35.9 Å². The van der Waals surface area contributed by atoms with Gasteiger partial charge in [0.25, 0.3) is 5.91 Å². The van der Waals surface area contributed by atoms with Crippen molar-refractivity contribution < 1.29 is 4.79 Å². The van der Waals surface area contributed by atoms with Gasteiger partial charge in [0.1, 0.15) is 0 Å². The molecule has 3 heterocycles. The Labute approximate surface area is 172 Å². The lowest BCUT2D eigenvalue weighted by atomic mass is 9.87. The summed E-state index contributed by atoms with van der Waals surface area (Å²) in [5.41, 5.74) is 8.02. The van der Waals surface area contributed by atoms with E-state index >= 15 is 0 Å². The summed E-state index contributed by atoms with van der Waals surface area (Å²) in [6.07, 6.45) is 5.45. The van der Waals surface area contributed by atoms with Gasteiger partial charge in [-0.1, -0.05) is 19.1 Å². The van der Waals surface area contributed by atoms with Gasteiger partial charge in [0.05, 0.1) is 22.8 Å². The lowest BCUT2D eigenvalue weighted by Gasteiger charge is -2.25. The molecule has 5 heteroatoms. The van der Waals surface area contributed by atoms with Crippen LogP contribution >= 0.6 is 0 Å². The third-order valence-electron chi connectivity index (χ3n) is 7.11. The first-order valence-corrected chi connectivity index (χ1v) is 10.9. The van der Waals surface area contributed by atoms with Crippen molar-refractivity contribution in [2.75, 3.05) is 6.54 Å². The van der Waals surface area contributed by atoms with E-state index in [0.29, 0.717) is 5.92 Å². The van der Waals surface area contributed by atoms with Gasteiger partial charge in [-0.3, -0.25) is 9.48 Å². The van der Waals surface area contributed by atoms with E-state index in [1.54, 1.807) is 0 Å². The summed E-state index contributed by atoms with van der Waals surface area (Å²) in [6.45, 7) is 7.30. The van der Waals surface area contributed by atoms with Gasteiger partial charge in [0.2, 0.25) is 0 Å². The zero-order valence-electron chi connectivity index (χ0n) is 17.9. The minimum absolute atomic E-state index is 0.121. The van der Waals surface area contributed by atoms with Gasteiger partial charge in [-0.2, -0.15) is 5.10 Å². The number of likely N-dealkylation sites (tertiary alicyclic amines) is 1. The van der Waals surface area contributed by atoms with E-state index < -0.39 is 0 Å². The molecular weight excluding hydrogens is 360 g/mol. The van der Waals surface area contributed by atoms with Crippen LogP contribution < -0.4 is 0 Å². The van der Waals surface area contributed by atoms with Crippen LogP contribution in [0.3, 0.4) is 0 Å². The summed E-state index contributed by atoms with van der Waals surface area (Å²) in [5.74, 6) is 0.854. The summed E-state index contributed by atoms with van der Waals surface area (Å²) in [7, 11) is 1.98. The molecule has 0 saturated carbocycles. The molecule has 2 aliphatic rings. The van der Waals surface area contributed by atoms with E-state index in [1.807, 2.05) is 17.8 Å². The first-order chi connectivity index (χ1) is 14.0. The third-order valence-corrected chi connectivity index (χ3v) is 7.11. The second-order valence-electron chi connectivity index (χ2n) is 9.02. The molecule has 0 radical (unpaired) electrons. The summed E-state index contributed by atoms with van der Waals surface area (Å²) in [5, 5.41) is 5.83. The van der Waals surface area contributed by atoms with Crippen LogP contribution in [-0.2, 0) is 19.9 Å². The maximum atomic E-state index is 13.7. The Morgan fingerprint density at radius 2 is 2.07 bits per heavy atom. The number of nitrogens with one attached hydrogen (secondary N) is 1. The molecule has 5 rings (SSSR count). The van der Waals surface area contributed by atoms with Crippen LogP contribution in [0.5, 0.6) is 0 Å². The molecule has 1 fully saturated rings. The van der Waals surface area contributed by atoms with E-state index in [9.17, 15) is 4.79 Å². The second kappa shape index (κ2) is 6.75. The maximum Gasteiger partial charge on any atom is 0.256 e. The summed E-state index contributed by atoms with van der Waals surface area (Å²) in [4.78, 5) is 19.4. The van der Waals surface area contributed by atoms with Crippen LogP contribution in [0.4, 0.5) is 0 Å². The monoisotopic (exact) mass is 390 g/mol. The minimum Gasteiger partial charge on any atom is -0.358 e. The number of nitrogens with zero attached hydrogens (tertiary/aromatic N) is 3. The quantitative estimate of drug-likeness (QED) is 0.694. The number of aryl methyl sites for hydroxylation is 3. The third kappa shape index (κ3) is 2.82. The Morgan fingerprint density at radius 1 is 1.24 bits per heavy atom. The van der Waals surface area contributed by atoms with E-state index in [-0.39, 0.29) is 11.9 Å². The van der Waals surface area contributed by atoms with Crippen molar-refractivity contribution in [1.82, 2.24) is 19.7 Å². The van der Waals surface area contributed by atoms with E-state index in [2.05, 4.69) is 47.9 Å². The summed E-state index contributed by atoms with van der Waals surface area (Å²) < 4.78 is 1.94. The van der Waals surface area contributed by atoms with Crippen LogP contribution in [0, 0.1) is 19.8 Å². The smallest absolute Gasteiger partial charge is 0.256 e. The highest BCUT2D eigenvalue weighted by Crippen LogP contribution is 2.38. The molecule has 2 unspecified atom stereocenters. The number of carbonyl (C=O) groups is 1. The lowest BCUT2D eigenvalue weighted by molar-refractivity contribution is 0.0737. The number of fused-ring (bicyclic) bond motifs is 3. The molecule has 2 atom stereocenters. The molecule has 1 aliphatic carbocycles. The highest BCUT2D eigenvalue weighted by atomic mass is 16.2. The average Bonchev–Trinajstić information content (AvgIpc) is 3.37. The fourth-order valence-corrected chi connectivity index (χ4v) is 5.53. The fraction of sp³-hybridized carbons (Fsp3) is 0.500. The van der Waals surface area contributed by atoms with E-state index in [4.69, 9.17) is 0 Å². The number of amides is 1. The SMILES string of the molecule is Cc1nn(C)c(C)c1C1CCCN1C(=O)c1cccc2c3c([nH]c12)CCC(C)C3. The number of aromatic amines is 1. The first kappa shape index (κ1) is 18.5. The van der Waals surface area contributed by atoms with Gasteiger partial charge in [-0.25, -0.2) is 0 Å². The number of hydrogen-bond acceptors (Lipinski definition) is 2. The Bertz CT molecular complexity index is 1110. The predicted molar refractivity (Wildman–Crippen MR) is 115 cm³/mol. The zero-order chi connectivity index (χ0) is 20.3. The Morgan fingerprint density at radius 3 is 2.83 bits per heavy atom. The normalized spacial score (nSPS) is 21.7. The van der Waals surface area contributed by atoms with E-state index in [0.717, 1.165) is 54.7 Å².